The molecule has 0 bridgehead atoms. The largest absolute Gasteiger partial charge is 0.497 e. The highest BCUT2D eigenvalue weighted by atomic mass is 19.3. The van der Waals surface area contributed by atoms with Crippen molar-refractivity contribution in [1.29, 1.82) is 0 Å². The van der Waals surface area contributed by atoms with Crippen LogP contribution in [0.3, 0.4) is 0 Å². The fraction of sp³-hybridized carbons (Fsp3) is 0.241. The normalized spacial score (nSPS) is 14.2. The summed E-state index contributed by atoms with van der Waals surface area (Å²) in [6.45, 7) is -2.50. The molecular formula is C29H27F2N3O4. The number of alkyl halides is 2. The molecule has 4 aromatic rings. The molecule has 196 valence electrons. The van der Waals surface area contributed by atoms with Crippen LogP contribution in [-0.2, 0) is 13.0 Å². The topological polar surface area (TPSA) is 72.8 Å². The van der Waals surface area contributed by atoms with Gasteiger partial charge in [0.15, 0.2) is 0 Å². The Morgan fingerprint density at radius 1 is 0.974 bits per heavy atom. The second kappa shape index (κ2) is 11.0. The van der Waals surface area contributed by atoms with E-state index in [9.17, 15) is 18.4 Å². The van der Waals surface area contributed by atoms with Crippen LogP contribution in [0, 0.1) is 0 Å². The van der Waals surface area contributed by atoms with E-state index in [2.05, 4.69) is 10.1 Å². The number of halogens is 2. The third-order valence-electron chi connectivity index (χ3n) is 6.63. The van der Waals surface area contributed by atoms with E-state index in [1.807, 2.05) is 30.3 Å². The van der Waals surface area contributed by atoms with Crippen molar-refractivity contribution in [3.8, 4) is 11.5 Å². The van der Waals surface area contributed by atoms with Crippen molar-refractivity contribution in [2.45, 2.75) is 25.6 Å². The number of carbonyl (C=O) groups is 2. The van der Waals surface area contributed by atoms with Gasteiger partial charge in [0.2, 0.25) is 0 Å². The minimum absolute atomic E-state index is 0.0697. The Labute approximate surface area is 218 Å². The highest BCUT2D eigenvalue weighted by Gasteiger charge is 2.33. The summed E-state index contributed by atoms with van der Waals surface area (Å²) in [5.74, 6) is 0.285. The van der Waals surface area contributed by atoms with Gasteiger partial charge < -0.3 is 19.7 Å². The lowest BCUT2D eigenvalue weighted by Crippen LogP contribution is -2.50. The number of hydrogen-bond donors (Lipinski definition) is 1. The van der Waals surface area contributed by atoms with Crippen LogP contribution < -0.4 is 14.8 Å². The molecule has 1 aliphatic rings. The van der Waals surface area contributed by atoms with Crippen LogP contribution in [0.4, 0.5) is 8.78 Å². The smallest absolute Gasteiger partial charge is 0.387 e. The Hall–Kier alpha value is -4.24. The van der Waals surface area contributed by atoms with Gasteiger partial charge in [0.05, 0.1) is 12.6 Å². The molecule has 0 unspecified atom stereocenters. The quantitative estimate of drug-likeness (QED) is 0.328. The maximum atomic E-state index is 13.5. The SMILES string of the molecule is COc1ccc2c(c1)cc1n2C(=O)CN(C[C@H](Cc2ccccc2)NCc2ccccc2OC(F)F)C1=O. The third kappa shape index (κ3) is 5.38. The van der Waals surface area contributed by atoms with Crippen LogP contribution in [0.15, 0.2) is 78.9 Å². The summed E-state index contributed by atoms with van der Waals surface area (Å²) >= 11 is 0. The molecule has 1 aliphatic heterocycles. The van der Waals surface area contributed by atoms with E-state index in [1.165, 1.54) is 15.5 Å². The number of methoxy groups -OCH3 is 1. The summed E-state index contributed by atoms with van der Waals surface area (Å²) in [6.07, 6.45) is 0.566. The Kier molecular flexibility index (Phi) is 7.37. The monoisotopic (exact) mass is 519 g/mol. The summed E-state index contributed by atoms with van der Waals surface area (Å²) in [5.41, 5.74) is 2.58. The van der Waals surface area contributed by atoms with Crippen molar-refractivity contribution < 1.29 is 27.8 Å². The van der Waals surface area contributed by atoms with E-state index < -0.39 is 6.61 Å². The molecule has 0 radical (unpaired) electrons. The molecule has 1 amide bonds. The average molecular weight is 520 g/mol. The zero-order valence-electron chi connectivity index (χ0n) is 20.8. The summed E-state index contributed by atoms with van der Waals surface area (Å²) in [7, 11) is 1.56. The van der Waals surface area contributed by atoms with Gasteiger partial charge >= 0.3 is 6.61 Å². The Bertz CT molecular complexity index is 1450. The minimum Gasteiger partial charge on any atom is -0.497 e. The summed E-state index contributed by atoms with van der Waals surface area (Å²) in [6, 6.07) is 23.1. The number of ether oxygens (including phenoxy) is 2. The van der Waals surface area contributed by atoms with Crippen molar-refractivity contribution in [3.05, 3.63) is 95.7 Å². The van der Waals surface area contributed by atoms with Crippen molar-refractivity contribution in [2.24, 2.45) is 0 Å². The lowest BCUT2D eigenvalue weighted by Gasteiger charge is -2.31. The number of hydrogen-bond acceptors (Lipinski definition) is 5. The molecule has 5 rings (SSSR count). The van der Waals surface area contributed by atoms with E-state index >= 15 is 0 Å². The summed E-state index contributed by atoms with van der Waals surface area (Å²) in [4.78, 5) is 28.2. The lowest BCUT2D eigenvalue weighted by molar-refractivity contribution is -0.0505. The van der Waals surface area contributed by atoms with E-state index in [4.69, 9.17) is 4.74 Å². The van der Waals surface area contributed by atoms with Gasteiger partial charge in [-0.3, -0.25) is 14.2 Å². The molecule has 0 saturated heterocycles. The highest BCUT2D eigenvalue weighted by Crippen LogP contribution is 2.28. The van der Waals surface area contributed by atoms with Crippen LogP contribution in [0.2, 0.25) is 0 Å². The van der Waals surface area contributed by atoms with E-state index in [-0.39, 0.29) is 43.2 Å². The number of nitrogens with zero attached hydrogens (tertiary/aromatic N) is 2. The first-order chi connectivity index (χ1) is 18.4. The molecule has 0 spiro atoms. The first-order valence-electron chi connectivity index (χ1n) is 12.2. The molecule has 1 N–H and O–H groups in total. The molecule has 3 aromatic carbocycles. The summed E-state index contributed by atoms with van der Waals surface area (Å²) < 4.78 is 37.2. The first-order valence-corrected chi connectivity index (χ1v) is 12.2. The van der Waals surface area contributed by atoms with Gasteiger partial charge in [0, 0.05) is 30.1 Å². The maximum absolute atomic E-state index is 13.5. The van der Waals surface area contributed by atoms with Gasteiger partial charge in [-0.2, -0.15) is 8.78 Å². The number of rotatable bonds is 10. The van der Waals surface area contributed by atoms with Gasteiger partial charge in [0.25, 0.3) is 11.8 Å². The molecule has 38 heavy (non-hydrogen) atoms. The third-order valence-corrected chi connectivity index (χ3v) is 6.63. The molecule has 7 nitrogen and oxygen atoms in total. The average Bonchev–Trinajstić information content (AvgIpc) is 3.31. The van der Waals surface area contributed by atoms with E-state index in [0.29, 0.717) is 28.9 Å². The van der Waals surface area contributed by atoms with Crippen LogP contribution in [0.5, 0.6) is 11.5 Å². The zero-order valence-corrected chi connectivity index (χ0v) is 20.8. The zero-order chi connectivity index (χ0) is 26.6. The van der Waals surface area contributed by atoms with E-state index in [1.54, 1.807) is 49.6 Å². The molecule has 0 saturated carbocycles. The predicted molar refractivity (Wildman–Crippen MR) is 139 cm³/mol. The molecule has 2 heterocycles. The van der Waals surface area contributed by atoms with Crippen molar-refractivity contribution in [2.75, 3.05) is 20.2 Å². The van der Waals surface area contributed by atoms with Crippen LogP contribution >= 0.6 is 0 Å². The van der Waals surface area contributed by atoms with Crippen LogP contribution in [-0.4, -0.2) is 54.1 Å². The van der Waals surface area contributed by atoms with Crippen molar-refractivity contribution in [1.82, 2.24) is 14.8 Å². The number of carbonyl (C=O) groups excluding carboxylic acids is 2. The number of benzene rings is 3. The number of nitrogens with one attached hydrogen (secondary N) is 1. The number of aromatic nitrogens is 1. The molecule has 0 fully saturated rings. The molecular weight excluding hydrogens is 492 g/mol. The molecule has 0 aliphatic carbocycles. The first kappa shape index (κ1) is 25.4. The maximum Gasteiger partial charge on any atom is 0.387 e. The second-order valence-corrected chi connectivity index (χ2v) is 9.12. The standard InChI is InChI=1S/C29H27F2N3O4/c1-37-23-11-12-24-21(14-23)15-25-28(36)33(18-27(35)34(24)25)17-22(13-19-7-3-2-4-8-19)32-16-20-9-5-6-10-26(20)38-29(30)31/h2-12,14-15,22,29,32H,13,16-18H2,1H3/t22-/m0/s1. The van der Waals surface area contributed by atoms with Gasteiger partial charge in [-0.1, -0.05) is 48.5 Å². The molecule has 1 atom stereocenters. The summed E-state index contributed by atoms with van der Waals surface area (Å²) in [5, 5.41) is 4.14. The molecule has 9 heteroatoms. The van der Waals surface area contributed by atoms with Gasteiger partial charge in [-0.05, 0) is 42.3 Å². The number of fused-ring (bicyclic) bond motifs is 3. The minimum atomic E-state index is -2.93. The van der Waals surface area contributed by atoms with E-state index in [0.717, 1.165) is 10.9 Å². The van der Waals surface area contributed by atoms with Gasteiger partial charge in [-0.25, -0.2) is 0 Å². The van der Waals surface area contributed by atoms with Gasteiger partial charge in [0.1, 0.15) is 23.7 Å². The van der Waals surface area contributed by atoms with Crippen molar-refractivity contribution >= 4 is 22.7 Å². The fourth-order valence-electron chi connectivity index (χ4n) is 4.84. The second-order valence-electron chi connectivity index (χ2n) is 9.12. The van der Waals surface area contributed by atoms with Gasteiger partial charge in [-0.15, -0.1) is 0 Å². The van der Waals surface area contributed by atoms with Crippen molar-refractivity contribution in [3.63, 3.8) is 0 Å². The number of para-hydroxylation sites is 1. The predicted octanol–water partition coefficient (Wildman–Crippen LogP) is 4.75. The Balaban J connectivity index is 1.39. The van der Waals surface area contributed by atoms with Crippen LogP contribution in [0.25, 0.3) is 10.9 Å². The highest BCUT2D eigenvalue weighted by molar-refractivity contribution is 6.09. The fourth-order valence-corrected chi connectivity index (χ4v) is 4.84. The Morgan fingerprint density at radius 2 is 1.74 bits per heavy atom. The molecule has 1 aromatic heterocycles. The Morgan fingerprint density at radius 3 is 2.50 bits per heavy atom. The lowest BCUT2D eigenvalue weighted by atomic mass is 10.0. The van der Waals surface area contributed by atoms with Crippen LogP contribution in [0.1, 0.15) is 26.4 Å². The number of amides is 1.